The SMILES string of the molecule is Cc1ccc([N+](=O)[O-])c(C(=O)N(CCBr)C(C)C)c1. The maximum absolute atomic E-state index is 12.5. The number of hydrogen-bond donors (Lipinski definition) is 0. The minimum absolute atomic E-state index is 0.00911. The molecule has 0 bridgehead atoms. The molecule has 1 rings (SSSR count). The first kappa shape index (κ1) is 15.6. The van der Waals surface area contributed by atoms with E-state index in [1.165, 1.54) is 6.07 Å². The van der Waals surface area contributed by atoms with Gasteiger partial charge < -0.3 is 4.90 Å². The maximum Gasteiger partial charge on any atom is 0.282 e. The van der Waals surface area contributed by atoms with Gasteiger partial charge in [0.1, 0.15) is 5.56 Å². The van der Waals surface area contributed by atoms with Crippen molar-refractivity contribution < 1.29 is 9.72 Å². The number of benzene rings is 1. The highest BCUT2D eigenvalue weighted by Crippen LogP contribution is 2.22. The van der Waals surface area contributed by atoms with Crippen LogP contribution in [0.3, 0.4) is 0 Å². The Kier molecular flexibility index (Phi) is 5.47. The molecule has 0 atom stereocenters. The number of nitro groups is 1. The van der Waals surface area contributed by atoms with Crippen molar-refractivity contribution >= 4 is 27.5 Å². The predicted molar refractivity (Wildman–Crippen MR) is 77.8 cm³/mol. The third-order valence-electron chi connectivity index (χ3n) is 2.79. The number of nitro benzene ring substituents is 1. The molecular weight excluding hydrogens is 312 g/mol. The van der Waals surface area contributed by atoms with Gasteiger partial charge in [0, 0.05) is 24.0 Å². The van der Waals surface area contributed by atoms with Gasteiger partial charge in [0.05, 0.1) is 4.92 Å². The van der Waals surface area contributed by atoms with Crippen LogP contribution in [0.2, 0.25) is 0 Å². The van der Waals surface area contributed by atoms with Crippen molar-refractivity contribution in [1.29, 1.82) is 0 Å². The van der Waals surface area contributed by atoms with Crippen LogP contribution < -0.4 is 0 Å². The summed E-state index contributed by atoms with van der Waals surface area (Å²) in [6.07, 6.45) is 0. The van der Waals surface area contributed by atoms with Crippen molar-refractivity contribution in [2.45, 2.75) is 26.8 Å². The molecule has 104 valence electrons. The number of nitrogens with zero attached hydrogens (tertiary/aromatic N) is 2. The van der Waals surface area contributed by atoms with Gasteiger partial charge in [-0.1, -0.05) is 22.0 Å². The van der Waals surface area contributed by atoms with E-state index in [9.17, 15) is 14.9 Å². The van der Waals surface area contributed by atoms with Crippen LogP contribution in [0.1, 0.15) is 29.8 Å². The zero-order valence-electron chi connectivity index (χ0n) is 11.2. The molecule has 0 radical (unpaired) electrons. The van der Waals surface area contributed by atoms with Crippen molar-refractivity contribution in [3.05, 3.63) is 39.4 Å². The first-order valence-electron chi connectivity index (χ1n) is 6.00. The molecule has 0 aliphatic rings. The molecule has 1 aromatic rings. The molecule has 0 saturated heterocycles. The summed E-state index contributed by atoms with van der Waals surface area (Å²) in [5.41, 5.74) is 0.840. The second-order valence-electron chi connectivity index (χ2n) is 4.56. The predicted octanol–water partition coefficient (Wildman–Crippen LogP) is 3.15. The van der Waals surface area contributed by atoms with Gasteiger partial charge in [-0.15, -0.1) is 0 Å². The Morgan fingerprint density at radius 2 is 2.11 bits per heavy atom. The molecule has 0 N–H and O–H groups in total. The van der Waals surface area contributed by atoms with Crippen molar-refractivity contribution in [1.82, 2.24) is 4.90 Å². The van der Waals surface area contributed by atoms with Crippen molar-refractivity contribution in [3.63, 3.8) is 0 Å². The summed E-state index contributed by atoms with van der Waals surface area (Å²) in [6.45, 7) is 6.11. The standard InChI is InChI=1S/C13H17BrN2O3/c1-9(2)15(7-6-14)13(17)11-8-10(3)4-5-12(11)16(18)19/h4-5,8-9H,6-7H2,1-3H3. The van der Waals surface area contributed by atoms with Gasteiger partial charge in [-0.25, -0.2) is 0 Å². The van der Waals surface area contributed by atoms with Crippen molar-refractivity contribution in [2.24, 2.45) is 0 Å². The summed E-state index contributed by atoms with van der Waals surface area (Å²) in [5.74, 6) is -0.301. The number of carbonyl (C=O) groups excluding carboxylic acids is 1. The van der Waals surface area contributed by atoms with E-state index in [4.69, 9.17) is 0 Å². The Balaban J connectivity index is 3.23. The fourth-order valence-electron chi connectivity index (χ4n) is 1.82. The lowest BCUT2D eigenvalue weighted by molar-refractivity contribution is -0.385. The first-order chi connectivity index (χ1) is 8.88. The van der Waals surface area contributed by atoms with Crippen LogP contribution in [0.15, 0.2) is 18.2 Å². The molecule has 0 fully saturated rings. The van der Waals surface area contributed by atoms with E-state index < -0.39 is 4.92 Å². The molecule has 19 heavy (non-hydrogen) atoms. The van der Waals surface area contributed by atoms with Crippen molar-refractivity contribution in [3.8, 4) is 0 Å². The Morgan fingerprint density at radius 1 is 1.47 bits per heavy atom. The van der Waals surface area contributed by atoms with Crippen LogP contribution in [0.4, 0.5) is 5.69 Å². The molecule has 0 aliphatic carbocycles. The van der Waals surface area contributed by atoms with Crippen LogP contribution >= 0.6 is 15.9 Å². The van der Waals surface area contributed by atoms with Crippen LogP contribution in [0.25, 0.3) is 0 Å². The van der Waals surface area contributed by atoms with Crippen LogP contribution in [0.5, 0.6) is 0 Å². The maximum atomic E-state index is 12.5. The van der Waals surface area contributed by atoms with E-state index in [1.54, 1.807) is 17.0 Å². The topological polar surface area (TPSA) is 63.5 Å². The number of amides is 1. The molecule has 0 saturated carbocycles. The summed E-state index contributed by atoms with van der Waals surface area (Å²) < 4.78 is 0. The molecule has 0 spiro atoms. The highest BCUT2D eigenvalue weighted by atomic mass is 79.9. The molecule has 6 heteroatoms. The number of carbonyl (C=O) groups is 1. The van der Waals surface area contributed by atoms with Gasteiger partial charge in [0.2, 0.25) is 0 Å². The van der Waals surface area contributed by atoms with E-state index in [1.807, 2.05) is 20.8 Å². The number of hydrogen-bond acceptors (Lipinski definition) is 3. The lowest BCUT2D eigenvalue weighted by atomic mass is 10.1. The van der Waals surface area contributed by atoms with Gasteiger partial charge in [-0.2, -0.15) is 0 Å². The van der Waals surface area contributed by atoms with Gasteiger partial charge >= 0.3 is 0 Å². The van der Waals surface area contributed by atoms with E-state index in [2.05, 4.69) is 15.9 Å². The summed E-state index contributed by atoms with van der Waals surface area (Å²) >= 11 is 3.29. The average molecular weight is 329 g/mol. The monoisotopic (exact) mass is 328 g/mol. The molecule has 0 unspecified atom stereocenters. The lowest BCUT2D eigenvalue weighted by Gasteiger charge is -2.26. The Labute approximate surface area is 120 Å². The number of aryl methyl sites for hydroxylation is 1. The highest BCUT2D eigenvalue weighted by Gasteiger charge is 2.25. The zero-order valence-corrected chi connectivity index (χ0v) is 12.8. The fourth-order valence-corrected chi connectivity index (χ4v) is 2.20. The molecule has 0 aromatic heterocycles. The van der Waals surface area contributed by atoms with Crippen LogP contribution in [0, 0.1) is 17.0 Å². The van der Waals surface area contributed by atoms with E-state index in [-0.39, 0.29) is 23.2 Å². The summed E-state index contributed by atoms with van der Waals surface area (Å²) in [5, 5.41) is 11.6. The van der Waals surface area contributed by atoms with Crippen LogP contribution in [-0.4, -0.2) is 33.6 Å². The minimum atomic E-state index is -0.515. The van der Waals surface area contributed by atoms with Gasteiger partial charge in [-0.3, -0.25) is 14.9 Å². The second-order valence-corrected chi connectivity index (χ2v) is 5.35. The normalized spacial score (nSPS) is 10.6. The molecule has 1 aromatic carbocycles. The Bertz CT molecular complexity index is 489. The number of halogens is 1. The molecule has 1 amide bonds. The second kappa shape index (κ2) is 6.65. The summed E-state index contributed by atoms with van der Waals surface area (Å²) in [4.78, 5) is 24.6. The fraction of sp³-hybridized carbons (Fsp3) is 0.462. The van der Waals surface area contributed by atoms with Crippen molar-refractivity contribution in [2.75, 3.05) is 11.9 Å². The Morgan fingerprint density at radius 3 is 2.58 bits per heavy atom. The van der Waals surface area contributed by atoms with E-state index in [0.29, 0.717) is 11.9 Å². The quantitative estimate of drug-likeness (QED) is 0.474. The first-order valence-corrected chi connectivity index (χ1v) is 7.12. The van der Waals surface area contributed by atoms with E-state index >= 15 is 0 Å². The largest absolute Gasteiger partial charge is 0.335 e. The third kappa shape index (κ3) is 3.76. The number of rotatable bonds is 5. The average Bonchev–Trinajstić information content (AvgIpc) is 2.34. The molecule has 0 aliphatic heterocycles. The number of alkyl halides is 1. The molecular formula is C13H17BrN2O3. The molecule has 5 nitrogen and oxygen atoms in total. The van der Waals surface area contributed by atoms with Crippen LogP contribution in [-0.2, 0) is 0 Å². The summed E-state index contributed by atoms with van der Waals surface area (Å²) in [7, 11) is 0. The third-order valence-corrected chi connectivity index (χ3v) is 3.14. The minimum Gasteiger partial charge on any atom is -0.335 e. The van der Waals surface area contributed by atoms with Gasteiger partial charge in [-0.05, 0) is 32.4 Å². The van der Waals surface area contributed by atoms with Gasteiger partial charge in [0.15, 0.2) is 0 Å². The Hall–Kier alpha value is -1.43. The van der Waals surface area contributed by atoms with E-state index in [0.717, 1.165) is 5.56 Å². The molecule has 0 heterocycles. The lowest BCUT2D eigenvalue weighted by Crippen LogP contribution is -2.38. The smallest absolute Gasteiger partial charge is 0.282 e. The van der Waals surface area contributed by atoms with Gasteiger partial charge in [0.25, 0.3) is 11.6 Å². The summed E-state index contributed by atoms with van der Waals surface area (Å²) in [6, 6.07) is 4.59. The zero-order chi connectivity index (χ0) is 14.6. The highest BCUT2D eigenvalue weighted by molar-refractivity contribution is 9.09.